The quantitative estimate of drug-likeness (QED) is 0.539. The van der Waals surface area contributed by atoms with E-state index in [0.29, 0.717) is 37.1 Å². The van der Waals surface area contributed by atoms with Crippen LogP contribution in [-0.2, 0) is 21.7 Å². The predicted octanol–water partition coefficient (Wildman–Crippen LogP) is 5.15. The van der Waals surface area contributed by atoms with Gasteiger partial charge in [0.2, 0.25) is 0 Å². The van der Waals surface area contributed by atoms with E-state index in [9.17, 15) is 14.3 Å². The molecule has 4 nitrogen and oxygen atoms in total. The smallest absolute Gasteiger partial charge is 0.318 e. The topological polar surface area (TPSA) is 49.8 Å². The van der Waals surface area contributed by atoms with Crippen molar-refractivity contribution < 1.29 is 19.0 Å². The molecule has 0 spiro atoms. The molecule has 3 unspecified atom stereocenters. The molecular formula is C29H28FNO3. The second-order valence-electron chi connectivity index (χ2n) is 9.27. The summed E-state index contributed by atoms with van der Waals surface area (Å²) in [5, 5.41) is 12.1. The highest BCUT2D eigenvalue weighted by Gasteiger charge is 2.62. The molecule has 5 heteroatoms. The number of carbonyl (C=O) groups excluding carboxylic acids is 1. The molecule has 1 aliphatic carbocycles. The zero-order valence-corrected chi connectivity index (χ0v) is 19.2. The number of rotatable bonds is 5. The summed E-state index contributed by atoms with van der Waals surface area (Å²) in [6.45, 7) is 0.997. The third-order valence-corrected chi connectivity index (χ3v) is 7.38. The van der Waals surface area contributed by atoms with Gasteiger partial charge in [0.15, 0.2) is 0 Å². The summed E-state index contributed by atoms with van der Waals surface area (Å²) in [6.07, 6.45) is 2.94. The van der Waals surface area contributed by atoms with Crippen LogP contribution in [-0.4, -0.2) is 29.6 Å². The van der Waals surface area contributed by atoms with Crippen molar-refractivity contribution in [3.8, 4) is 0 Å². The second-order valence-corrected chi connectivity index (χ2v) is 9.27. The Balaban J connectivity index is 1.66. The van der Waals surface area contributed by atoms with E-state index < -0.39 is 11.0 Å². The minimum absolute atomic E-state index is 0.158. The van der Waals surface area contributed by atoms with Gasteiger partial charge in [-0.2, -0.15) is 0 Å². The maximum absolute atomic E-state index is 13.7. The predicted molar refractivity (Wildman–Crippen MR) is 128 cm³/mol. The van der Waals surface area contributed by atoms with Crippen LogP contribution in [0.3, 0.4) is 0 Å². The fraction of sp³-hybridized carbons (Fsp3) is 0.276. The lowest BCUT2D eigenvalue weighted by molar-refractivity contribution is -0.156. The average molecular weight is 458 g/mol. The van der Waals surface area contributed by atoms with Crippen molar-refractivity contribution in [2.24, 2.45) is 5.41 Å². The van der Waals surface area contributed by atoms with Crippen molar-refractivity contribution in [2.75, 3.05) is 13.7 Å². The fourth-order valence-electron chi connectivity index (χ4n) is 5.84. The van der Waals surface area contributed by atoms with Crippen molar-refractivity contribution in [1.82, 2.24) is 4.90 Å². The van der Waals surface area contributed by atoms with Gasteiger partial charge >= 0.3 is 5.97 Å². The molecule has 5 rings (SSSR count). The number of hydrogen-bond acceptors (Lipinski definition) is 4. The Kier molecular flexibility index (Phi) is 5.74. The van der Waals surface area contributed by atoms with Gasteiger partial charge in [0.05, 0.1) is 7.11 Å². The molecule has 1 heterocycles. The van der Waals surface area contributed by atoms with E-state index in [1.54, 1.807) is 12.1 Å². The van der Waals surface area contributed by atoms with Crippen LogP contribution < -0.4 is 0 Å². The summed E-state index contributed by atoms with van der Waals surface area (Å²) >= 11 is 0. The summed E-state index contributed by atoms with van der Waals surface area (Å²) in [7, 11) is 1.40. The Hall–Kier alpha value is -3.44. The Morgan fingerprint density at radius 1 is 1.03 bits per heavy atom. The number of hydrogen-bond donors (Lipinski definition) is 1. The maximum atomic E-state index is 13.7. The molecule has 1 fully saturated rings. The van der Waals surface area contributed by atoms with Crippen LogP contribution in [0.5, 0.6) is 0 Å². The Morgan fingerprint density at radius 3 is 2.32 bits per heavy atom. The first-order chi connectivity index (χ1) is 16.5. The van der Waals surface area contributed by atoms with Gasteiger partial charge in [-0.1, -0.05) is 72.8 Å². The number of methoxy groups -OCH3 is 1. The summed E-state index contributed by atoms with van der Waals surface area (Å²) in [5.74, 6) is -0.882. The maximum Gasteiger partial charge on any atom is 0.318 e. The van der Waals surface area contributed by atoms with Gasteiger partial charge in [-0.05, 0) is 41.7 Å². The fourth-order valence-corrected chi connectivity index (χ4v) is 5.84. The largest absolute Gasteiger partial charge is 0.468 e. The molecule has 3 aromatic rings. The number of halogens is 1. The second kappa shape index (κ2) is 8.73. The molecule has 1 N–H and O–H groups in total. The normalized spacial score (nSPS) is 26.0. The lowest BCUT2D eigenvalue weighted by atomic mass is 9.56. The molecular weight excluding hydrogens is 429 g/mol. The average Bonchev–Trinajstić information content (AvgIpc) is 3.26. The van der Waals surface area contributed by atoms with E-state index >= 15 is 0 Å². The highest BCUT2D eigenvalue weighted by molar-refractivity contribution is 5.84. The zero-order chi connectivity index (χ0) is 23.8. The summed E-state index contributed by atoms with van der Waals surface area (Å²) in [5.41, 5.74) is 0.891. The first kappa shape index (κ1) is 22.4. The standard InChI is InChI=1S/C29H28FNO3/c1-34-27(32)28-20-31(18-21-8-4-2-5-9-21)19-26(28)29(33,23-12-14-24(30)15-13-23)17-16-25(28)22-10-6-3-7-11-22/h2-15,19,25,33H,16-18,20H2,1H3. The Labute approximate surface area is 199 Å². The van der Waals surface area contributed by atoms with Crippen molar-refractivity contribution in [3.05, 3.63) is 119 Å². The number of carbonyl (C=O) groups is 1. The van der Waals surface area contributed by atoms with Crippen LogP contribution in [0.2, 0.25) is 0 Å². The number of fused-ring (bicyclic) bond motifs is 1. The first-order valence-corrected chi connectivity index (χ1v) is 11.6. The summed E-state index contributed by atoms with van der Waals surface area (Å²) in [4.78, 5) is 15.8. The molecule has 3 atom stereocenters. The summed E-state index contributed by atoms with van der Waals surface area (Å²) < 4.78 is 19.1. The summed E-state index contributed by atoms with van der Waals surface area (Å²) in [6, 6.07) is 26.0. The SMILES string of the molecule is COC(=O)C12CN(Cc3ccccc3)C=C1C(O)(c1ccc(F)cc1)CCC2c1ccccc1. The molecule has 2 aliphatic rings. The van der Waals surface area contributed by atoms with Crippen LogP contribution >= 0.6 is 0 Å². The molecule has 34 heavy (non-hydrogen) atoms. The van der Waals surface area contributed by atoms with Crippen LogP contribution in [0, 0.1) is 11.2 Å². The third-order valence-electron chi connectivity index (χ3n) is 7.38. The molecule has 0 amide bonds. The van der Waals surface area contributed by atoms with E-state index in [4.69, 9.17) is 4.74 Å². The molecule has 174 valence electrons. The van der Waals surface area contributed by atoms with Gasteiger partial charge in [-0.15, -0.1) is 0 Å². The minimum Gasteiger partial charge on any atom is -0.468 e. The van der Waals surface area contributed by atoms with E-state index in [2.05, 4.69) is 4.90 Å². The van der Waals surface area contributed by atoms with Crippen molar-refractivity contribution in [3.63, 3.8) is 0 Å². The minimum atomic E-state index is -1.40. The number of esters is 1. The van der Waals surface area contributed by atoms with E-state index in [1.165, 1.54) is 19.2 Å². The van der Waals surface area contributed by atoms with Crippen LogP contribution in [0.1, 0.15) is 35.4 Å². The monoisotopic (exact) mass is 457 g/mol. The van der Waals surface area contributed by atoms with E-state index in [-0.39, 0.29) is 17.7 Å². The van der Waals surface area contributed by atoms with Crippen LogP contribution in [0.4, 0.5) is 4.39 Å². The number of benzene rings is 3. The van der Waals surface area contributed by atoms with E-state index in [1.807, 2.05) is 66.9 Å². The lowest BCUT2D eigenvalue weighted by Gasteiger charge is -2.48. The van der Waals surface area contributed by atoms with Crippen molar-refractivity contribution >= 4 is 5.97 Å². The van der Waals surface area contributed by atoms with Gasteiger partial charge in [0.1, 0.15) is 16.8 Å². The highest BCUT2D eigenvalue weighted by atomic mass is 19.1. The van der Waals surface area contributed by atoms with Crippen LogP contribution in [0.25, 0.3) is 0 Å². The van der Waals surface area contributed by atoms with E-state index in [0.717, 1.165) is 11.1 Å². The highest BCUT2D eigenvalue weighted by Crippen LogP contribution is 2.60. The van der Waals surface area contributed by atoms with Gasteiger partial charge in [0, 0.05) is 30.8 Å². The van der Waals surface area contributed by atoms with Gasteiger partial charge < -0.3 is 14.7 Å². The molecule has 1 aliphatic heterocycles. The van der Waals surface area contributed by atoms with Crippen molar-refractivity contribution in [1.29, 1.82) is 0 Å². The third kappa shape index (κ3) is 3.61. The molecule has 0 bridgehead atoms. The van der Waals surface area contributed by atoms with Gasteiger partial charge in [-0.25, -0.2) is 4.39 Å². The Bertz CT molecular complexity index is 1200. The van der Waals surface area contributed by atoms with Crippen molar-refractivity contribution in [2.45, 2.75) is 30.9 Å². The first-order valence-electron chi connectivity index (χ1n) is 11.6. The number of ether oxygens (including phenoxy) is 1. The number of nitrogens with zero attached hydrogens (tertiary/aromatic N) is 1. The zero-order valence-electron chi connectivity index (χ0n) is 19.2. The molecule has 3 aromatic carbocycles. The lowest BCUT2D eigenvalue weighted by Crippen LogP contribution is -2.52. The molecule has 0 aromatic heterocycles. The Morgan fingerprint density at radius 2 is 1.68 bits per heavy atom. The molecule has 0 saturated heterocycles. The van der Waals surface area contributed by atoms with Gasteiger partial charge in [-0.3, -0.25) is 4.79 Å². The molecule has 1 saturated carbocycles. The van der Waals surface area contributed by atoms with Gasteiger partial charge in [0.25, 0.3) is 0 Å². The van der Waals surface area contributed by atoms with Crippen LogP contribution in [0.15, 0.2) is 96.7 Å². The number of aliphatic hydroxyl groups is 1. The molecule has 0 radical (unpaired) electrons.